The summed E-state index contributed by atoms with van der Waals surface area (Å²) in [6.07, 6.45) is 2.30. The number of aryl methyl sites for hydroxylation is 1. The molecule has 0 spiro atoms. The molecule has 0 aliphatic carbocycles. The van der Waals surface area contributed by atoms with E-state index in [4.69, 9.17) is 16.3 Å². The Morgan fingerprint density at radius 1 is 1.56 bits per heavy atom. The summed E-state index contributed by atoms with van der Waals surface area (Å²) in [5, 5.41) is 8.01. The van der Waals surface area contributed by atoms with Crippen molar-refractivity contribution in [2.75, 3.05) is 19.0 Å². The highest BCUT2D eigenvalue weighted by Gasteiger charge is 2.24. The smallest absolute Gasteiger partial charge is 0.0967 e. The molecule has 0 amide bonds. The summed E-state index contributed by atoms with van der Waals surface area (Å²) < 4.78 is 7.41. The monoisotopic (exact) mass is 244 g/mol. The molecule has 1 aromatic rings. The van der Waals surface area contributed by atoms with Crippen molar-refractivity contribution in [2.45, 2.75) is 25.7 Å². The van der Waals surface area contributed by atoms with Crippen LogP contribution in [-0.2, 0) is 18.3 Å². The molecule has 5 nitrogen and oxygen atoms in total. The van der Waals surface area contributed by atoms with Crippen LogP contribution in [0.1, 0.15) is 12.6 Å². The molecular formula is C10H17ClN4O. The summed E-state index contributed by atoms with van der Waals surface area (Å²) in [4.78, 5) is 2.31. The van der Waals surface area contributed by atoms with E-state index in [2.05, 4.69) is 22.1 Å². The number of nitrogens with zero attached hydrogens (tertiary/aromatic N) is 4. The van der Waals surface area contributed by atoms with E-state index < -0.39 is 0 Å². The lowest BCUT2D eigenvalue weighted by Gasteiger charge is -2.35. The molecule has 0 N–H and O–H groups in total. The van der Waals surface area contributed by atoms with Gasteiger partial charge in [0.2, 0.25) is 0 Å². The number of halogens is 1. The largest absolute Gasteiger partial charge is 0.371 e. The highest BCUT2D eigenvalue weighted by Crippen LogP contribution is 2.14. The molecular weight excluding hydrogens is 228 g/mol. The van der Waals surface area contributed by atoms with Gasteiger partial charge in [-0.1, -0.05) is 5.21 Å². The molecule has 0 saturated carbocycles. The van der Waals surface area contributed by atoms with Gasteiger partial charge in [0.25, 0.3) is 0 Å². The predicted molar refractivity (Wildman–Crippen MR) is 61.3 cm³/mol. The molecule has 0 bridgehead atoms. The minimum atomic E-state index is 0.127. The lowest BCUT2D eigenvalue weighted by atomic mass is 10.2. The molecule has 1 aliphatic heterocycles. The van der Waals surface area contributed by atoms with Crippen LogP contribution in [0, 0.1) is 0 Å². The normalized spacial score (nSPS) is 27.2. The Bertz CT molecular complexity index is 343. The first-order valence-electron chi connectivity index (χ1n) is 5.46. The van der Waals surface area contributed by atoms with Crippen molar-refractivity contribution in [3.8, 4) is 0 Å². The summed E-state index contributed by atoms with van der Waals surface area (Å²) in [5.41, 5.74) is 0.991. The molecule has 16 heavy (non-hydrogen) atoms. The van der Waals surface area contributed by atoms with Crippen molar-refractivity contribution in [3.05, 3.63) is 11.9 Å². The predicted octanol–water partition coefficient (Wildman–Crippen LogP) is 0.643. The molecule has 0 radical (unpaired) electrons. The Morgan fingerprint density at radius 2 is 2.38 bits per heavy atom. The number of hydrogen-bond acceptors (Lipinski definition) is 4. The van der Waals surface area contributed by atoms with Crippen molar-refractivity contribution in [3.63, 3.8) is 0 Å². The van der Waals surface area contributed by atoms with Gasteiger partial charge in [0, 0.05) is 38.8 Å². The number of morpholine rings is 1. The van der Waals surface area contributed by atoms with E-state index in [1.165, 1.54) is 0 Å². The van der Waals surface area contributed by atoms with Crippen LogP contribution in [0.3, 0.4) is 0 Å². The van der Waals surface area contributed by atoms with Crippen molar-refractivity contribution in [1.82, 2.24) is 19.9 Å². The first-order valence-corrected chi connectivity index (χ1v) is 6.00. The van der Waals surface area contributed by atoms with Crippen molar-refractivity contribution in [1.29, 1.82) is 0 Å². The quantitative estimate of drug-likeness (QED) is 0.732. The average Bonchev–Trinajstić information content (AvgIpc) is 2.63. The maximum absolute atomic E-state index is 5.83. The van der Waals surface area contributed by atoms with Crippen molar-refractivity contribution < 1.29 is 4.74 Å². The zero-order valence-electron chi connectivity index (χ0n) is 9.64. The third kappa shape index (κ3) is 2.93. The third-order valence-electron chi connectivity index (χ3n) is 2.61. The van der Waals surface area contributed by atoms with E-state index in [1.807, 2.05) is 13.2 Å². The lowest BCUT2D eigenvalue weighted by molar-refractivity contribution is -0.0691. The Balaban J connectivity index is 1.93. The molecule has 0 aromatic carbocycles. The Labute approximate surface area is 100 Å². The van der Waals surface area contributed by atoms with Gasteiger partial charge in [-0.2, -0.15) is 0 Å². The zero-order chi connectivity index (χ0) is 11.5. The second kappa shape index (κ2) is 5.12. The molecule has 2 heterocycles. The third-order valence-corrected chi connectivity index (χ3v) is 2.95. The van der Waals surface area contributed by atoms with Crippen LogP contribution in [0.25, 0.3) is 0 Å². The van der Waals surface area contributed by atoms with Crippen LogP contribution in [-0.4, -0.2) is 51.1 Å². The minimum Gasteiger partial charge on any atom is -0.371 e. The standard InChI is InChI=1S/C10H17ClN4O/c1-8-4-15(7-10(3-11)16-8)6-9-5-14(2)13-12-9/h5,8,10H,3-4,6-7H2,1-2H3. The number of alkyl halides is 1. The Morgan fingerprint density at radius 3 is 3.00 bits per heavy atom. The maximum atomic E-state index is 5.83. The molecule has 1 fully saturated rings. The lowest BCUT2D eigenvalue weighted by Crippen LogP contribution is -2.46. The first-order chi connectivity index (χ1) is 7.67. The average molecular weight is 245 g/mol. The van der Waals surface area contributed by atoms with E-state index in [0.717, 1.165) is 25.3 Å². The summed E-state index contributed by atoms with van der Waals surface area (Å²) in [5.74, 6) is 0.543. The number of ether oxygens (including phenoxy) is 1. The number of aromatic nitrogens is 3. The number of hydrogen-bond donors (Lipinski definition) is 0. The molecule has 1 aliphatic rings. The van der Waals surface area contributed by atoms with Crippen LogP contribution in [0.2, 0.25) is 0 Å². The van der Waals surface area contributed by atoms with Gasteiger partial charge in [-0.15, -0.1) is 16.7 Å². The van der Waals surface area contributed by atoms with E-state index in [9.17, 15) is 0 Å². The summed E-state index contributed by atoms with van der Waals surface area (Å²) in [6, 6.07) is 0. The van der Waals surface area contributed by atoms with Gasteiger partial charge in [0.15, 0.2) is 0 Å². The van der Waals surface area contributed by atoms with E-state index in [-0.39, 0.29) is 12.2 Å². The summed E-state index contributed by atoms with van der Waals surface area (Å²) in [6.45, 7) is 4.67. The fourth-order valence-corrected chi connectivity index (χ4v) is 2.22. The maximum Gasteiger partial charge on any atom is 0.0967 e. The van der Waals surface area contributed by atoms with Gasteiger partial charge in [0.1, 0.15) is 0 Å². The molecule has 6 heteroatoms. The fraction of sp³-hybridized carbons (Fsp3) is 0.800. The van der Waals surface area contributed by atoms with Gasteiger partial charge in [-0.05, 0) is 6.92 Å². The van der Waals surface area contributed by atoms with Gasteiger partial charge in [-0.25, -0.2) is 0 Å². The number of rotatable bonds is 3. The Kier molecular flexibility index (Phi) is 3.78. The topological polar surface area (TPSA) is 43.2 Å². The van der Waals surface area contributed by atoms with Crippen LogP contribution in [0.5, 0.6) is 0 Å². The molecule has 1 aromatic heterocycles. The molecule has 1 saturated heterocycles. The highest BCUT2D eigenvalue weighted by atomic mass is 35.5. The second-order valence-corrected chi connectivity index (χ2v) is 4.61. The van der Waals surface area contributed by atoms with Crippen molar-refractivity contribution in [2.24, 2.45) is 7.05 Å². The SMILES string of the molecule is CC1CN(Cc2cn(C)nn2)CC(CCl)O1. The van der Waals surface area contributed by atoms with E-state index in [1.54, 1.807) is 4.68 Å². The molecule has 2 rings (SSSR count). The second-order valence-electron chi connectivity index (χ2n) is 4.30. The molecule has 2 atom stereocenters. The van der Waals surface area contributed by atoms with Crippen LogP contribution < -0.4 is 0 Å². The van der Waals surface area contributed by atoms with Gasteiger partial charge in [-0.3, -0.25) is 9.58 Å². The highest BCUT2D eigenvalue weighted by molar-refractivity contribution is 6.18. The van der Waals surface area contributed by atoms with Gasteiger partial charge >= 0.3 is 0 Å². The summed E-state index contributed by atoms with van der Waals surface area (Å²) in [7, 11) is 1.88. The van der Waals surface area contributed by atoms with E-state index in [0.29, 0.717) is 5.88 Å². The van der Waals surface area contributed by atoms with E-state index >= 15 is 0 Å². The zero-order valence-corrected chi connectivity index (χ0v) is 10.4. The minimum absolute atomic E-state index is 0.127. The Hall–Kier alpha value is -0.650. The molecule has 2 unspecified atom stereocenters. The van der Waals surface area contributed by atoms with Crippen molar-refractivity contribution >= 4 is 11.6 Å². The van der Waals surface area contributed by atoms with Crippen LogP contribution >= 0.6 is 11.6 Å². The fourth-order valence-electron chi connectivity index (χ4n) is 2.05. The summed E-state index contributed by atoms with van der Waals surface area (Å²) >= 11 is 5.83. The van der Waals surface area contributed by atoms with Gasteiger partial charge < -0.3 is 4.74 Å². The van der Waals surface area contributed by atoms with Crippen LogP contribution in [0.15, 0.2) is 6.20 Å². The van der Waals surface area contributed by atoms with Crippen LogP contribution in [0.4, 0.5) is 0 Å². The molecule has 90 valence electrons. The van der Waals surface area contributed by atoms with Gasteiger partial charge in [0.05, 0.1) is 17.9 Å². The first kappa shape index (κ1) is 11.8.